The number of hydrogen-bond donors (Lipinski definition) is 1. The van der Waals surface area contributed by atoms with E-state index < -0.39 is 0 Å². The molecule has 0 radical (unpaired) electrons. The monoisotopic (exact) mass is 375 g/mol. The maximum Gasteiger partial charge on any atom is 0.256 e. The second kappa shape index (κ2) is 9.36. The van der Waals surface area contributed by atoms with Gasteiger partial charge in [0.15, 0.2) is 0 Å². The summed E-state index contributed by atoms with van der Waals surface area (Å²) in [5.74, 6) is 0.868. The number of nitrogens with one attached hydrogen (secondary N) is 1. The fourth-order valence-electron chi connectivity index (χ4n) is 3.72. The van der Waals surface area contributed by atoms with Crippen molar-refractivity contribution in [1.82, 2.24) is 4.98 Å². The zero-order valence-corrected chi connectivity index (χ0v) is 17.0. The van der Waals surface area contributed by atoms with E-state index in [0.29, 0.717) is 0 Å². The summed E-state index contributed by atoms with van der Waals surface area (Å²) in [7, 11) is 0. The van der Waals surface area contributed by atoms with Crippen LogP contribution in [0, 0.1) is 6.92 Å². The van der Waals surface area contributed by atoms with Gasteiger partial charge >= 0.3 is 0 Å². The van der Waals surface area contributed by atoms with Gasteiger partial charge in [0.25, 0.3) is 5.91 Å². The second-order valence-electron chi connectivity index (χ2n) is 6.82. The molecule has 1 amide bonds. The van der Waals surface area contributed by atoms with Crippen molar-refractivity contribution in [1.29, 1.82) is 0 Å². The Bertz CT molecular complexity index is 931. The number of para-hydroxylation sites is 2. The lowest BCUT2D eigenvalue weighted by atomic mass is 10.0. The van der Waals surface area contributed by atoms with Gasteiger partial charge in [0.05, 0.1) is 11.1 Å². The molecule has 4 nitrogen and oxygen atoms in total. The van der Waals surface area contributed by atoms with Crippen LogP contribution in [0.2, 0.25) is 0 Å². The van der Waals surface area contributed by atoms with Gasteiger partial charge in [-0.15, -0.1) is 0 Å². The fraction of sp³-hybridized carbons (Fsp3) is 0.333. The third kappa shape index (κ3) is 4.16. The average Bonchev–Trinajstić information content (AvgIpc) is 2.76. The minimum atomic E-state index is -0.0782. The Balaban J connectivity index is 0.00000109. The van der Waals surface area contributed by atoms with Gasteiger partial charge in [0.2, 0.25) is 0 Å². The number of anilines is 2. The van der Waals surface area contributed by atoms with Gasteiger partial charge in [-0.2, -0.15) is 0 Å². The maximum absolute atomic E-state index is 13.1. The summed E-state index contributed by atoms with van der Waals surface area (Å²) in [4.78, 5) is 20.3. The number of amides is 1. The van der Waals surface area contributed by atoms with E-state index in [9.17, 15) is 4.79 Å². The molecule has 1 aliphatic heterocycles. The van der Waals surface area contributed by atoms with Crippen molar-refractivity contribution in [3.63, 3.8) is 0 Å². The summed E-state index contributed by atoms with van der Waals surface area (Å²) in [5.41, 5.74) is 3.35. The number of benzene rings is 2. The molecule has 0 aliphatic carbocycles. The van der Waals surface area contributed by atoms with Crippen LogP contribution in [0.4, 0.5) is 11.5 Å². The molecule has 1 aromatic heterocycles. The summed E-state index contributed by atoms with van der Waals surface area (Å²) < 4.78 is 0. The van der Waals surface area contributed by atoms with E-state index in [1.165, 1.54) is 19.3 Å². The van der Waals surface area contributed by atoms with Crippen molar-refractivity contribution >= 4 is 28.3 Å². The summed E-state index contributed by atoms with van der Waals surface area (Å²) >= 11 is 0. The first-order valence-corrected chi connectivity index (χ1v) is 10.2. The van der Waals surface area contributed by atoms with Crippen LogP contribution in [-0.4, -0.2) is 24.0 Å². The van der Waals surface area contributed by atoms with Gasteiger partial charge in [-0.05, 0) is 44.4 Å². The van der Waals surface area contributed by atoms with Crippen molar-refractivity contribution in [2.75, 3.05) is 23.3 Å². The lowest BCUT2D eigenvalue weighted by Gasteiger charge is -2.30. The summed E-state index contributed by atoms with van der Waals surface area (Å²) in [5, 5.41) is 3.94. The lowest BCUT2D eigenvalue weighted by Crippen LogP contribution is -2.31. The number of carbonyl (C=O) groups excluding carboxylic acids is 1. The minimum absolute atomic E-state index is 0.0782. The fourth-order valence-corrected chi connectivity index (χ4v) is 3.72. The zero-order valence-electron chi connectivity index (χ0n) is 17.0. The molecule has 3 aromatic rings. The van der Waals surface area contributed by atoms with Crippen LogP contribution in [0.3, 0.4) is 0 Å². The summed E-state index contributed by atoms with van der Waals surface area (Å²) in [6, 6.07) is 17.5. The number of aromatic nitrogens is 1. The number of piperidine rings is 1. The predicted octanol–water partition coefficient (Wildman–Crippen LogP) is 5.81. The molecule has 0 unspecified atom stereocenters. The Morgan fingerprint density at radius 1 is 0.929 bits per heavy atom. The van der Waals surface area contributed by atoms with E-state index in [1.54, 1.807) is 0 Å². The first kappa shape index (κ1) is 19.9. The third-order valence-corrected chi connectivity index (χ3v) is 5.02. The molecule has 0 atom stereocenters. The Labute approximate surface area is 167 Å². The van der Waals surface area contributed by atoms with Crippen LogP contribution in [0.1, 0.15) is 49.0 Å². The quantitative estimate of drug-likeness (QED) is 0.628. The first-order chi connectivity index (χ1) is 13.7. The van der Waals surface area contributed by atoms with E-state index in [4.69, 9.17) is 4.98 Å². The van der Waals surface area contributed by atoms with Crippen LogP contribution in [0.5, 0.6) is 0 Å². The molecule has 1 fully saturated rings. The molecular weight excluding hydrogens is 346 g/mol. The van der Waals surface area contributed by atoms with Gasteiger partial charge in [-0.3, -0.25) is 4.79 Å². The Morgan fingerprint density at radius 3 is 2.29 bits per heavy atom. The number of pyridine rings is 1. The Kier molecular flexibility index (Phi) is 6.64. The van der Waals surface area contributed by atoms with Gasteiger partial charge in [0, 0.05) is 29.7 Å². The normalized spacial score (nSPS) is 13.6. The topological polar surface area (TPSA) is 45.2 Å². The molecule has 2 heterocycles. The molecule has 1 saturated heterocycles. The van der Waals surface area contributed by atoms with E-state index in [-0.39, 0.29) is 5.91 Å². The van der Waals surface area contributed by atoms with Crippen molar-refractivity contribution in [2.45, 2.75) is 40.0 Å². The highest BCUT2D eigenvalue weighted by atomic mass is 16.1. The molecule has 1 N–H and O–H groups in total. The Morgan fingerprint density at radius 2 is 1.57 bits per heavy atom. The molecule has 0 saturated carbocycles. The second-order valence-corrected chi connectivity index (χ2v) is 6.82. The molecule has 146 valence electrons. The van der Waals surface area contributed by atoms with Crippen LogP contribution in [0.25, 0.3) is 10.9 Å². The summed E-state index contributed by atoms with van der Waals surface area (Å²) in [6.45, 7) is 8.03. The summed E-state index contributed by atoms with van der Waals surface area (Å²) in [6.07, 6.45) is 3.63. The van der Waals surface area contributed by atoms with Gasteiger partial charge in [-0.1, -0.05) is 50.2 Å². The highest BCUT2D eigenvalue weighted by molar-refractivity contribution is 6.14. The SMILES string of the molecule is CC.Cc1c(N2CCCCC2)nc2ccccc2c1C(=O)Nc1ccccc1. The molecule has 4 rings (SSSR count). The zero-order chi connectivity index (χ0) is 19.9. The molecule has 0 bridgehead atoms. The van der Waals surface area contributed by atoms with Crippen molar-refractivity contribution < 1.29 is 4.79 Å². The highest BCUT2D eigenvalue weighted by Gasteiger charge is 2.22. The molecular formula is C24H29N3O. The van der Waals surface area contributed by atoms with E-state index in [2.05, 4.69) is 10.2 Å². The smallest absolute Gasteiger partial charge is 0.256 e. The average molecular weight is 376 g/mol. The van der Waals surface area contributed by atoms with E-state index in [1.807, 2.05) is 75.4 Å². The van der Waals surface area contributed by atoms with Crippen LogP contribution >= 0.6 is 0 Å². The first-order valence-electron chi connectivity index (χ1n) is 10.2. The number of hydrogen-bond acceptors (Lipinski definition) is 3. The molecule has 1 aliphatic rings. The van der Waals surface area contributed by atoms with Gasteiger partial charge in [-0.25, -0.2) is 4.98 Å². The standard InChI is InChI=1S/C22H23N3O.C2H6/c1-16-20(22(26)23-17-10-4-2-5-11-17)18-12-6-7-13-19(18)24-21(16)25-14-8-3-9-15-25;1-2/h2,4-7,10-13H,3,8-9,14-15H2,1H3,(H,23,26);1-2H3. The third-order valence-electron chi connectivity index (χ3n) is 5.02. The number of carbonyl (C=O) groups is 1. The lowest BCUT2D eigenvalue weighted by molar-refractivity contribution is 0.102. The van der Waals surface area contributed by atoms with Gasteiger partial charge in [0.1, 0.15) is 5.82 Å². The van der Waals surface area contributed by atoms with Crippen LogP contribution < -0.4 is 10.2 Å². The molecule has 4 heteroatoms. The number of nitrogens with zero attached hydrogens (tertiary/aromatic N) is 2. The van der Waals surface area contributed by atoms with Crippen molar-refractivity contribution in [3.05, 3.63) is 65.7 Å². The van der Waals surface area contributed by atoms with Crippen LogP contribution in [-0.2, 0) is 0 Å². The largest absolute Gasteiger partial charge is 0.356 e. The maximum atomic E-state index is 13.1. The molecule has 28 heavy (non-hydrogen) atoms. The Hall–Kier alpha value is -2.88. The number of rotatable bonds is 3. The predicted molar refractivity (Wildman–Crippen MR) is 118 cm³/mol. The van der Waals surface area contributed by atoms with Crippen LogP contribution in [0.15, 0.2) is 54.6 Å². The molecule has 0 spiro atoms. The van der Waals surface area contributed by atoms with E-state index >= 15 is 0 Å². The van der Waals surface area contributed by atoms with Crippen molar-refractivity contribution in [3.8, 4) is 0 Å². The molecule has 2 aromatic carbocycles. The van der Waals surface area contributed by atoms with E-state index in [0.717, 1.165) is 46.6 Å². The number of fused-ring (bicyclic) bond motifs is 1. The highest BCUT2D eigenvalue weighted by Crippen LogP contribution is 2.30. The van der Waals surface area contributed by atoms with Gasteiger partial charge < -0.3 is 10.2 Å². The minimum Gasteiger partial charge on any atom is -0.356 e. The van der Waals surface area contributed by atoms with Crippen molar-refractivity contribution in [2.24, 2.45) is 0 Å².